The van der Waals surface area contributed by atoms with E-state index < -0.39 is 0 Å². The van der Waals surface area contributed by atoms with E-state index in [1.807, 2.05) is 36.4 Å². The van der Waals surface area contributed by atoms with Gasteiger partial charge in [-0.2, -0.15) is 5.10 Å². The van der Waals surface area contributed by atoms with Crippen molar-refractivity contribution in [3.8, 4) is 11.3 Å². The number of aromatic nitrogens is 2. The second-order valence-electron chi connectivity index (χ2n) is 6.00. The molecule has 0 saturated carbocycles. The number of nitrogens with zero attached hydrogens (tertiary/aromatic N) is 1. The summed E-state index contributed by atoms with van der Waals surface area (Å²) in [6.07, 6.45) is 0. The van der Waals surface area contributed by atoms with Gasteiger partial charge in [-0.05, 0) is 34.5 Å². The van der Waals surface area contributed by atoms with E-state index in [2.05, 4.69) is 33.7 Å². The SMILES string of the molecule is O=C(NCc1ccc(Cl)cc1)c1cc(-c2cccc3ccccc23)n[nH]1. The molecule has 0 aliphatic heterocycles. The number of benzene rings is 3. The van der Waals surface area contributed by atoms with Gasteiger partial charge in [0.05, 0.1) is 5.69 Å². The molecule has 0 unspecified atom stereocenters. The first-order chi connectivity index (χ1) is 12.7. The molecule has 0 spiro atoms. The molecule has 0 fully saturated rings. The predicted molar refractivity (Wildman–Crippen MR) is 104 cm³/mol. The molecule has 4 aromatic rings. The third kappa shape index (κ3) is 3.32. The molecule has 3 aromatic carbocycles. The smallest absolute Gasteiger partial charge is 0.269 e. The molecule has 0 aliphatic carbocycles. The van der Waals surface area contributed by atoms with E-state index in [9.17, 15) is 4.79 Å². The first kappa shape index (κ1) is 16.4. The topological polar surface area (TPSA) is 57.8 Å². The maximum atomic E-state index is 12.4. The second kappa shape index (κ2) is 7.02. The Labute approximate surface area is 155 Å². The highest BCUT2D eigenvalue weighted by molar-refractivity contribution is 6.30. The van der Waals surface area contributed by atoms with Crippen molar-refractivity contribution >= 4 is 28.3 Å². The minimum Gasteiger partial charge on any atom is -0.347 e. The normalized spacial score (nSPS) is 10.8. The highest BCUT2D eigenvalue weighted by Gasteiger charge is 2.12. The molecule has 128 valence electrons. The number of rotatable bonds is 4. The van der Waals surface area contributed by atoms with Crippen molar-refractivity contribution in [3.63, 3.8) is 0 Å². The van der Waals surface area contributed by atoms with Crippen LogP contribution in [0.2, 0.25) is 5.02 Å². The number of H-pyrrole nitrogens is 1. The van der Waals surface area contributed by atoms with E-state index in [1.54, 1.807) is 18.2 Å². The van der Waals surface area contributed by atoms with Gasteiger partial charge in [-0.25, -0.2) is 0 Å². The molecular weight excluding hydrogens is 346 g/mol. The molecule has 0 radical (unpaired) electrons. The molecule has 0 bridgehead atoms. The minimum atomic E-state index is -0.195. The van der Waals surface area contributed by atoms with Crippen LogP contribution in [0.1, 0.15) is 16.1 Å². The number of carbonyl (C=O) groups excluding carboxylic acids is 1. The number of aromatic amines is 1. The number of hydrogen-bond donors (Lipinski definition) is 2. The van der Waals surface area contributed by atoms with E-state index in [1.165, 1.54) is 0 Å². The van der Waals surface area contributed by atoms with Crippen LogP contribution < -0.4 is 5.32 Å². The van der Waals surface area contributed by atoms with Crippen LogP contribution in [0.25, 0.3) is 22.0 Å². The fraction of sp³-hybridized carbons (Fsp3) is 0.0476. The minimum absolute atomic E-state index is 0.195. The third-order valence-corrected chi connectivity index (χ3v) is 4.51. The maximum Gasteiger partial charge on any atom is 0.269 e. The summed E-state index contributed by atoms with van der Waals surface area (Å²) in [6.45, 7) is 0.429. The van der Waals surface area contributed by atoms with Gasteiger partial charge in [0.2, 0.25) is 0 Å². The lowest BCUT2D eigenvalue weighted by atomic mass is 10.0. The van der Waals surface area contributed by atoms with Crippen molar-refractivity contribution in [1.29, 1.82) is 0 Å². The summed E-state index contributed by atoms with van der Waals surface area (Å²) in [7, 11) is 0. The van der Waals surface area contributed by atoms with Crippen molar-refractivity contribution in [2.24, 2.45) is 0 Å². The Morgan fingerprint density at radius 2 is 1.77 bits per heavy atom. The van der Waals surface area contributed by atoms with Gasteiger partial charge < -0.3 is 5.32 Å². The molecule has 4 rings (SSSR count). The Kier molecular flexibility index (Phi) is 4.42. The van der Waals surface area contributed by atoms with E-state index in [4.69, 9.17) is 11.6 Å². The van der Waals surface area contributed by atoms with Crippen molar-refractivity contribution in [3.05, 3.63) is 89.1 Å². The summed E-state index contributed by atoms with van der Waals surface area (Å²) in [5.74, 6) is -0.195. The van der Waals surface area contributed by atoms with Crippen molar-refractivity contribution in [2.45, 2.75) is 6.54 Å². The Morgan fingerprint density at radius 1 is 1.00 bits per heavy atom. The van der Waals surface area contributed by atoms with Crippen LogP contribution in [0.4, 0.5) is 0 Å². The summed E-state index contributed by atoms with van der Waals surface area (Å²) >= 11 is 5.87. The molecule has 1 aromatic heterocycles. The van der Waals surface area contributed by atoms with E-state index in [0.29, 0.717) is 17.3 Å². The molecule has 0 atom stereocenters. The molecule has 4 nitrogen and oxygen atoms in total. The number of fused-ring (bicyclic) bond motifs is 1. The van der Waals surface area contributed by atoms with Gasteiger partial charge in [0.25, 0.3) is 5.91 Å². The fourth-order valence-corrected chi connectivity index (χ4v) is 3.03. The van der Waals surface area contributed by atoms with Crippen LogP contribution in [-0.2, 0) is 6.54 Å². The van der Waals surface area contributed by atoms with Gasteiger partial charge in [0.15, 0.2) is 0 Å². The van der Waals surface area contributed by atoms with Crippen LogP contribution in [0.3, 0.4) is 0 Å². The Hall–Kier alpha value is -3.11. The summed E-state index contributed by atoms with van der Waals surface area (Å²) in [4.78, 5) is 12.4. The number of carbonyl (C=O) groups is 1. The molecular formula is C21H16ClN3O. The predicted octanol–water partition coefficient (Wildman–Crippen LogP) is 4.81. The van der Waals surface area contributed by atoms with Gasteiger partial charge in [0, 0.05) is 17.1 Å². The van der Waals surface area contributed by atoms with Gasteiger partial charge in [0.1, 0.15) is 5.69 Å². The monoisotopic (exact) mass is 361 g/mol. The van der Waals surface area contributed by atoms with E-state index in [0.717, 1.165) is 27.6 Å². The number of nitrogens with one attached hydrogen (secondary N) is 2. The standard InChI is InChI=1S/C21H16ClN3O/c22-16-10-8-14(9-11-16)13-23-21(26)20-12-19(24-25-20)18-7-3-5-15-4-1-2-6-17(15)18/h1-12H,13H2,(H,23,26)(H,24,25). The second-order valence-corrected chi connectivity index (χ2v) is 6.44. The number of halogens is 1. The zero-order valence-corrected chi connectivity index (χ0v) is 14.6. The number of hydrogen-bond acceptors (Lipinski definition) is 2. The first-order valence-electron chi connectivity index (χ1n) is 8.27. The van der Waals surface area contributed by atoms with E-state index in [-0.39, 0.29) is 5.91 Å². The quantitative estimate of drug-likeness (QED) is 0.547. The molecule has 2 N–H and O–H groups in total. The fourth-order valence-electron chi connectivity index (χ4n) is 2.90. The van der Waals surface area contributed by atoms with Crippen LogP contribution in [-0.4, -0.2) is 16.1 Å². The van der Waals surface area contributed by atoms with E-state index >= 15 is 0 Å². The van der Waals surface area contributed by atoms with Crippen LogP contribution in [0.5, 0.6) is 0 Å². The van der Waals surface area contributed by atoms with Crippen LogP contribution in [0.15, 0.2) is 72.8 Å². The van der Waals surface area contributed by atoms with Gasteiger partial charge >= 0.3 is 0 Å². The zero-order valence-electron chi connectivity index (χ0n) is 13.9. The maximum absolute atomic E-state index is 12.4. The summed E-state index contributed by atoms with van der Waals surface area (Å²) < 4.78 is 0. The Morgan fingerprint density at radius 3 is 2.62 bits per heavy atom. The molecule has 1 amide bonds. The molecule has 0 saturated heterocycles. The zero-order chi connectivity index (χ0) is 17.9. The average molecular weight is 362 g/mol. The Bertz CT molecular complexity index is 1060. The van der Waals surface area contributed by atoms with Crippen LogP contribution in [0, 0.1) is 0 Å². The summed E-state index contributed by atoms with van der Waals surface area (Å²) in [6, 6.07) is 23.3. The molecule has 0 aliphatic rings. The lowest BCUT2D eigenvalue weighted by Crippen LogP contribution is -2.23. The lowest BCUT2D eigenvalue weighted by molar-refractivity contribution is 0.0946. The lowest BCUT2D eigenvalue weighted by Gasteiger charge is -2.04. The number of amides is 1. The van der Waals surface area contributed by atoms with Gasteiger partial charge in [-0.3, -0.25) is 9.89 Å². The molecule has 1 heterocycles. The highest BCUT2D eigenvalue weighted by Crippen LogP contribution is 2.27. The van der Waals surface area contributed by atoms with Gasteiger partial charge in [-0.15, -0.1) is 0 Å². The largest absolute Gasteiger partial charge is 0.347 e. The third-order valence-electron chi connectivity index (χ3n) is 4.25. The highest BCUT2D eigenvalue weighted by atomic mass is 35.5. The average Bonchev–Trinajstić information content (AvgIpc) is 3.17. The summed E-state index contributed by atoms with van der Waals surface area (Å²) in [5, 5.41) is 13.0. The Balaban J connectivity index is 1.53. The first-order valence-corrected chi connectivity index (χ1v) is 8.65. The van der Waals surface area contributed by atoms with Crippen molar-refractivity contribution < 1.29 is 4.79 Å². The summed E-state index contributed by atoms with van der Waals surface area (Å²) in [5.41, 5.74) is 3.16. The molecule has 26 heavy (non-hydrogen) atoms. The van der Waals surface area contributed by atoms with Gasteiger partial charge in [-0.1, -0.05) is 66.2 Å². The van der Waals surface area contributed by atoms with Crippen molar-refractivity contribution in [1.82, 2.24) is 15.5 Å². The molecule has 5 heteroatoms. The van der Waals surface area contributed by atoms with Crippen molar-refractivity contribution in [2.75, 3.05) is 0 Å². The van der Waals surface area contributed by atoms with Crippen LogP contribution >= 0.6 is 11.6 Å².